The summed E-state index contributed by atoms with van der Waals surface area (Å²) in [6.07, 6.45) is 1.60. The number of amides is 2. The van der Waals surface area contributed by atoms with Crippen LogP contribution in [0.25, 0.3) is 11.8 Å². The summed E-state index contributed by atoms with van der Waals surface area (Å²) in [6.45, 7) is 5.36. The fourth-order valence-corrected chi connectivity index (χ4v) is 3.25. The maximum atomic E-state index is 12.5. The van der Waals surface area contributed by atoms with Crippen LogP contribution in [0.1, 0.15) is 23.9 Å². The van der Waals surface area contributed by atoms with E-state index in [0.29, 0.717) is 5.69 Å². The van der Waals surface area contributed by atoms with Crippen LogP contribution >= 0.6 is 0 Å². The number of benzene rings is 2. The molecule has 0 aliphatic carbocycles. The Morgan fingerprint density at radius 3 is 2.20 bits per heavy atom. The Hall–Kier alpha value is -4.11. The van der Waals surface area contributed by atoms with Gasteiger partial charge in [0.1, 0.15) is 11.6 Å². The summed E-state index contributed by atoms with van der Waals surface area (Å²) in [5.74, 6) is -0.575. The molecule has 1 heterocycles. The van der Waals surface area contributed by atoms with Gasteiger partial charge in [0.05, 0.1) is 0 Å². The van der Waals surface area contributed by atoms with Gasteiger partial charge in [-0.3, -0.25) is 9.59 Å². The van der Waals surface area contributed by atoms with Gasteiger partial charge in [-0.1, -0.05) is 18.2 Å². The van der Waals surface area contributed by atoms with Crippen LogP contribution in [0.2, 0.25) is 0 Å². The highest BCUT2D eigenvalue weighted by Gasteiger charge is 2.14. The number of aromatic nitrogens is 1. The van der Waals surface area contributed by atoms with E-state index < -0.39 is 5.91 Å². The molecule has 2 aromatic carbocycles. The highest BCUT2D eigenvalue weighted by Crippen LogP contribution is 2.24. The first-order valence-electron chi connectivity index (χ1n) is 9.44. The number of aryl methyl sites for hydroxylation is 1. The molecule has 0 spiro atoms. The zero-order valence-electron chi connectivity index (χ0n) is 17.1. The van der Waals surface area contributed by atoms with Crippen molar-refractivity contribution in [3.8, 4) is 11.8 Å². The molecule has 3 aromatic rings. The number of hydrogen-bond acceptors (Lipinski definition) is 3. The van der Waals surface area contributed by atoms with E-state index in [-0.39, 0.29) is 11.5 Å². The van der Waals surface area contributed by atoms with E-state index in [2.05, 4.69) is 10.6 Å². The molecule has 0 saturated carbocycles. The molecule has 0 unspecified atom stereocenters. The summed E-state index contributed by atoms with van der Waals surface area (Å²) in [5, 5.41) is 15.0. The molecule has 3 rings (SSSR count). The van der Waals surface area contributed by atoms with E-state index >= 15 is 0 Å². The maximum Gasteiger partial charge on any atom is 0.266 e. The smallest absolute Gasteiger partial charge is 0.266 e. The Bertz CT molecular complexity index is 1150. The van der Waals surface area contributed by atoms with E-state index in [9.17, 15) is 14.9 Å². The van der Waals surface area contributed by atoms with E-state index in [0.717, 1.165) is 28.3 Å². The van der Waals surface area contributed by atoms with Gasteiger partial charge >= 0.3 is 0 Å². The SMILES string of the molecule is CC(=O)Nc1ccc(-n2c(C)cc(C=C(C#N)C(=O)Nc3ccccc3)c2C)cc1. The third-order valence-electron chi connectivity index (χ3n) is 4.61. The van der Waals surface area contributed by atoms with Gasteiger partial charge in [0.25, 0.3) is 5.91 Å². The van der Waals surface area contributed by atoms with E-state index in [4.69, 9.17) is 0 Å². The topological polar surface area (TPSA) is 86.9 Å². The van der Waals surface area contributed by atoms with E-state index in [1.165, 1.54) is 6.92 Å². The average molecular weight is 398 g/mol. The molecular weight excluding hydrogens is 376 g/mol. The molecule has 6 nitrogen and oxygen atoms in total. The second-order valence-electron chi connectivity index (χ2n) is 6.88. The molecule has 150 valence electrons. The molecule has 0 atom stereocenters. The third kappa shape index (κ3) is 4.65. The first-order valence-corrected chi connectivity index (χ1v) is 9.44. The van der Waals surface area contributed by atoms with Crippen molar-refractivity contribution in [1.82, 2.24) is 4.57 Å². The Balaban J connectivity index is 1.89. The van der Waals surface area contributed by atoms with Gasteiger partial charge in [-0.05, 0) is 68.0 Å². The van der Waals surface area contributed by atoms with Crippen molar-refractivity contribution in [3.63, 3.8) is 0 Å². The Morgan fingerprint density at radius 1 is 0.967 bits per heavy atom. The molecule has 0 fully saturated rings. The highest BCUT2D eigenvalue weighted by atomic mass is 16.2. The summed E-state index contributed by atoms with van der Waals surface area (Å²) in [6, 6.07) is 20.4. The first kappa shape index (κ1) is 20.6. The number of carbonyl (C=O) groups is 2. The molecule has 0 aliphatic rings. The minimum Gasteiger partial charge on any atom is -0.326 e. The van der Waals surface area contributed by atoms with Crippen molar-refractivity contribution in [3.05, 3.63) is 83.2 Å². The molecule has 2 N–H and O–H groups in total. The summed E-state index contributed by atoms with van der Waals surface area (Å²) in [4.78, 5) is 23.7. The molecule has 1 aromatic heterocycles. The van der Waals surface area contributed by atoms with Gasteiger partial charge in [0.15, 0.2) is 0 Å². The number of nitrogens with zero attached hydrogens (tertiary/aromatic N) is 2. The lowest BCUT2D eigenvalue weighted by Gasteiger charge is -2.11. The van der Waals surface area contributed by atoms with Gasteiger partial charge in [-0.2, -0.15) is 5.26 Å². The fraction of sp³-hybridized carbons (Fsp3) is 0.125. The second kappa shape index (κ2) is 8.93. The molecule has 2 amide bonds. The second-order valence-corrected chi connectivity index (χ2v) is 6.88. The summed E-state index contributed by atoms with van der Waals surface area (Å²) in [7, 11) is 0. The lowest BCUT2D eigenvalue weighted by molar-refractivity contribution is -0.114. The molecular formula is C24H22N4O2. The van der Waals surface area contributed by atoms with Crippen LogP contribution < -0.4 is 10.6 Å². The van der Waals surface area contributed by atoms with Gasteiger partial charge in [0.2, 0.25) is 5.91 Å². The molecule has 30 heavy (non-hydrogen) atoms. The van der Waals surface area contributed by atoms with Crippen LogP contribution in [0.5, 0.6) is 0 Å². The number of anilines is 2. The molecule has 6 heteroatoms. The molecule has 0 aliphatic heterocycles. The Labute approximate surface area is 175 Å². The zero-order valence-corrected chi connectivity index (χ0v) is 17.1. The van der Waals surface area contributed by atoms with Crippen LogP contribution in [-0.4, -0.2) is 16.4 Å². The quantitative estimate of drug-likeness (QED) is 0.486. The zero-order chi connectivity index (χ0) is 21.7. The standard InChI is InChI=1S/C24H22N4O2/c1-16-13-19(14-20(15-25)24(30)27-21-7-5-4-6-8-21)17(2)28(16)23-11-9-22(10-12-23)26-18(3)29/h4-14H,1-3H3,(H,26,29)(H,27,30). The van der Waals surface area contributed by atoms with Crippen molar-refractivity contribution in [2.45, 2.75) is 20.8 Å². The van der Waals surface area contributed by atoms with Crippen LogP contribution in [0.4, 0.5) is 11.4 Å². The van der Waals surface area contributed by atoms with Crippen LogP contribution in [0.3, 0.4) is 0 Å². The maximum absolute atomic E-state index is 12.5. The minimum absolute atomic E-state index is 0.0279. The van der Waals surface area contributed by atoms with Gasteiger partial charge in [-0.25, -0.2) is 0 Å². The average Bonchev–Trinajstić information content (AvgIpc) is 3.00. The number of nitrogens with one attached hydrogen (secondary N) is 2. The summed E-state index contributed by atoms with van der Waals surface area (Å²) >= 11 is 0. The Morgan fingerprint density at radius 2 is 1.60 bits per heavy atom. The first-order chi connectivity index (χ1) is 14.4. The summed E-state index contributed by atoms with van der Waals surface area (Å²) < 4.78 is 2.04. The number of hydrogen-bond donors (Lipinski definition) is 2. The number of rotatable bonds is 5. The normalized spacial score (nSPS) is 10.9. The largest absolute Gasteiger partial charge is 0.326 e. The highest BCUT2D eigenvalue weighted by molar-refractivity contribution is 6.09. The van der Waals surface area contributed by atoms with Crippen LogP contribution in [-0.2, 0) is 9.59 Å². The number of para-hydroxylation sites is 1. The van der Waals surface area contributed by atoms with Crippen LogP contribution in [0.15, 0.2) is 66.2 Å². The number of nitriles is 1. The van der Waals surface area contributed by atoms with Crippen molar-refractivity contribution in [2.75, 3.05) is 10.6 Å². The molecule has 0 radical (unpaired) electrons. The van der Waals surface area contributed by atoms with Crippen LogP contribution in [0, 0.1) is 25.2 Å². The third-order valence-corrected chi connectivity index (χ3v) is 4.61. The van der Waals surface area contributed by atoms with Crippen molar-refractivity contribution in [2.24, 2.45) is 0 Å². The van der Waals surface area contributed by atoms with Crippen molar-refractivity contribution in [1.29, 1.82) is 5.26 Å². The van der Waals surface area contributed by atoms with E-state index in [1.807, 2.05) is 73.0 Å². The van der Waals surface area contributed by atoms with Crippen molar-refractivity contribution >= 4 is 29.3 Å². The van der Waals surface area contributed by atoms with Gasteiger partial charge in [0, 0.05) is 35.4 Å². The predicted octanol–water partition coefficient (Wildman–Crippen LogP) is 4.60. The lowest BCUT2D eigenvalue weighted by atomic mass is 10.1. The van der Waals surface area contributed by atoms with Crippen molar-refractivity contribution < 1.29 is 9.59 Å². The van der Waals surface area contributed by atoms with Gasteiger partial charge in [-0.15, -0.1) is 0 Å². The predicted molar refractivity (Wildman–Crippen MR) is 118 cm³/mol. The van der Waals surface area contributed by atoms with Gasteiger partial charge < -0.3 is 15.2 Å². The Kier molecular flexibility index (Phi) is 6.14. The minimum atomic E-state index is -0.451. The lowest BCUT2D eigenvalue weighted by Crippen LogP contribution is -2.13. The monoisotopic (exact) mass is 398 g/mol. The summed E-state index contributed by atoms with van der Waals surface area (Å²) in [5.41, 5.74) is 4.96. The number of carbonyl (C=O) groups excluding carboxylic acids is 2. The molecule has 0 saturated heterocycles. The van der Waals surface area contributed by atoms with E-state index in [1.54, 1.807) is 18.2 Å². The molecule has 0 bridgehead atoms. The fourth-order valence-electron chi connectivity index (χ4n) is 3.25.